The molecule has 126 valence electrons. The van der Waals surface area contributed by atoms with E-state index in [1.807, 2.05) is 0 Å². The second-order valence-electron chi connectivity index (χ2n) is 7.51. The molecule has 0 aromatic rings. The lowest BCUT2D eigenvalue weighted by molar-refractivity contribution is -0.195. The van der Waals surface area contributed by atoms with Crippen molar-refractivity contribution in [1.29, 1.82) is 0 Å². The fourth-order valence-electron chi connectivity index (χ4n) is 3.84. The van der Waals surface area contributed by atoms with E-state index in [1.165, 1.54) is 25.7 Å². The van der Waals surface area contributed by atoms with E-state index in [-0.39, 0.29) is 18.1 Å². The van der Waals surface area contributed by atoms with Crippen molar-refractivity contribution in [1.82, 2.24) is 9.80 Å². The van der Waals surface area contributed by atoms with Gasteiger partial charge in [-0.1, -0.05) is 6.42 Å². The molecule has 0 unspecified atom stereocenters. The molecule has 0 aromatic carbocycles. The van der Waals surface area contributed by atoms with Gasteiger partial charge in [0.25, 0.3) is 0 Å². The summed E-state index contributed by atoms with van der Waals surface area (Å²) in [7, 11) is 3.52. The Bertz CT molecular complexity index is 389. The van der Waals surface area contributed by atoms with Crippen LogP contribution in [0.25, 0.3) is 0 Å². The number of hydrogen-bond acceptors (Lipinski definition) is 4. The van der Waals surface area contributed by atoms with E-state index in [1.54, 1.807) is 19.0 Å². The van der Waals surface area contributed by atoms with Gasteiger partial charge in [-0.05, 0) is 38.0 Å². The minimum atomic E-state index is 0.0404. The SMILES string of the molecule is CN(C)C(=O)COCC[C@@H]1CCOC2(C1)CN(C1CCC1)C2. The van der Waals surface area contributed by atoms with E-state index in [4.69, 9.17) is 9.47 Å². The maximum Gasteiger partial charge on any atom is 0.248 e. The molecule has 0 N–H and O–H groups in total. The van der Waals surface area contributed by atoms with Crippen LogP contribution in [0.5, 0.6) is 0 Å². The standard InChI is InChI=1S/C17H30N2O3/c1-18(2)16(20)11-21-8-6-14-7-9-22-17(10-14)12-19(13-17)15-4-3-5-15/h14-15H,3-13H2,1-2H3/t14-/m1/s1. The van der Waals surface area contributed by atoms with Crippen LogP contribution < -0.4 is 0 Å². The Hall–Kier alpha value is -0.650. The normalized spacial score (nSPS) is 28.2. The van der Waals surface area contributed by atoms with Crippen LogP contribution >= 0.6 is 0 Å². The average molecular weight is 310 g/mol. The van der Waals surface area contributed by atoms with E-state index in [0.717, 1.165) is 38.6 Å². The molecule has 0 aromatic heterocycles. The molecular formula is C17H30N2O3. The molecule has 2 aliphatic heterocycles. The van der Waals surface area contributed by atoms with Gasteiger partial charge < -0.3 is 14.4 Å². The molecule has 3 fully saturated rings. The highest BCUT2D eigenvalue weighted by Gasteiger charge is 2.49. The van der Waals surface area contributed by atoms with Gasteiger partial charge in [0.1, 0.15) is 6.61 Å². The van der Waals surface area contributed by atoms with Crippen molar-refractivity contribution in [2.75, 3.05) is 47.0 Å². The van der Waals surface area contributed by atoms with Crippen LogP contribution in [-0.2, 0) is 14.3 Å². The number of likely N-dealkylation sites (tertiary alicyclic amines) is 1. The van der Waals surface area contributed by atoms with Crippen LogP contribution in [0.1, 0.15) is 38.5 Å². The number of carbonyl (C=O) groups excluding carboxylic acids is 1. The third kappa shape index (κ3) is 3.63. The number of hydrogen-bond donors (Lipinski definition) is 0. The summed E-state index contributed by atoms with van der Waals surface area (Å²) in [5, 5.41) is 0. The van der Waals surface area contributed by atoms with E-state index in [9.17, 15) is 4.79 Å². The zero-order chi connectivity index (χ0) is 15.6. The molecule has 3 aliphatic rings. The summed E-state index contributed by atoms with van der Waals surface area (Å²) in [5.74, 6) is 0.727. The minimum Gasteiger partial charge on any atom is -0.372 e. The fraction of sp³-hybridized carbons (Fsp3) is 0.941. The van der Waals surface area contributed by atoms with Crippen LogP contribution in [0, 0.1) is 5.92 Å². The molecule has 1 amide bonds. The first-order chi connectivity index (χ1) is 10.6. The van der Waals surface area contributed by atoms with Crippen molar-refractivity contribution < 1.29 is 14.3 Å². The summed E-state index contributed by atoms with van der Waals surface area (Å²) in [6, 6.07) is 0.843. The van der Waals surface area contributed by atoms with Gasteiger partial charge in [0.2, 0.25) is 5.91 Å². The topological polar surface area (TPSA) is 42.0 Å². The highest BCUT2D eigenvalue weighted by molar-refractivity contribution is 5.76. The van der Waals surface area contributed by atoms with Gasteiger partial charge in [-0.15, -0.1) is 0 Å². The molecule has 1 aliphatic carbocycles. The number of likely N-dealkylation sites (N-methyl/N-ethyl adjacent to an activating group) is 1. The van der Waals surface area contributed by atoms with Crippen LogP contribution in [-0.4, -0.2) is 74.4 Å². The molecule has 0 radical (unpaired) electrons. The van der Waals surface area contributed by atoms with Gasteiger partial charge in [0.15, 0.2) is 0 Å². The first-order valence-corrected chi connectivity index (χ1v) is 8.74. The molecule has 1 atom stereocenters. The fourth-order valence-corrected chi connectivity index (χ4v) is 3.84. The van der Waals surface area contributed by atoms with Gasteiger partial charge in [-0.25, -0.2) is 0 Å². The molecule has 2 heterocycles. The summed E-state index contributed by atoms with van der Waals surface area (Å²) >= 11 is 0. The van der Waals surface area contributed by atoms with Gasteiger partial charge in [0.05, 0.1) is 5.60 Å². The summed E-state index contributed by atoms with van der Waals surface area (Å²) in [6.45, 7) is 4.05. The zero-order valence-corrected chi connectivity index (χ0v) is 14.1. The van der Waals surface area contributed by atoms with Gasteiger partial charge >= 0.3 is 0 Å². The Morgan fingerprint density at radius 1 is 1.32 bits per heavy atom. The second kappa shape index (κ2) is 6.85. The Labute approximate surface area is 133 Å². The summed E-state index contributed by atoms with van der Waals surface area (Å²) in [4.78, 5) is 15.6. The predicted octanol–water partition coefficient (Wildman–Crippen LogP) is 1.51. The van der Waals surface area contributed by atoms with Crippen molar-refractivity contribution >= 4 is 5.91 Å². The monoisotopic (exact) mass is 310 g/mol. The predicted molar refractivity (Wildman–Crippen MR) is 84.7 cm³/mol. The van der Waals surface area contributed by atoms with E-state index in [2.05, 4.69) is 4.90 Å². The Morgan fingerprint density at radius 2 is 2.09 bits per heavy atom. The summed E-state index contributed by atoms with van der Waals surface area (Å²) in [6.07, 6.45) is 7.52. The van der Waals surface area contributed by atoms with E-state index in [0.29, 0.717) is 12.5 Å². The second-order valence-corrected chi connectivity index (χ2v) is 7.51. The molecule has 0 bridgehead atoms. The molecule has 1 spiro atoms. The van der Waals surface area contributed by atoms with E-state index < -0.39 is 0 Å². The molecule has 5 nitrogen and oxygen atoms in total. The molecule has 2 saturated heterocycles. The zero-order valence-electron chi connectivity index (χ0n) is 14.1. The Kier molecular flexibility index (Phi) is 5.05. The highest BCUT2D eigenvalue weighted by atomic mass is 16.5. The van der Waals surface area contributed by atoms with E-state index >= 15 is 0 Å². The quantitative estimate of drug-likeness (QED) is 0.698. The molecule has 3 rings (SSSR count). The highest BCUT2D eigenvalue weighted by Crippen LogP contribution is 2.41. The molecule has 5 heteroatoms. The number of nitrogens with zero attached hydrogens (tertiary/aromatic N) is 2. The molecular weight excluding hydrogens is 280 g/mol. The summed E-state index contributed by atoms with van der Waals surface area (Å²) in [5.41, 5.74) is 0.137. The first kappa shape index (κ1) is 16.2. The van der Waals surface area contributed by atoms with Crippen LogP contribution in [0.4, 0.5) is 0 Å². The molecule has 22 heavy (non-hydrogen) atoms. The Balaban J connectivity index is 1.34. The van der Waals surface area contributed by atoms with Crippen LogP contribution in [0.3, 0.4) is 0 Å². The Morgan fingerprint density at radius 3 is 2.73 bits per heavy atom. The lowest BCUT2D eigenvalue weighted by Gasteiger charge is -2.57. The maximum absolute atomic E-state index is 11.5. The third-order valence-corrected chi connectivity index (χ3v) is 5.56. The lowest BCUT2D eigenvalue weighted by atomic mass is 9.76. The minimum absolute atomic E-state index is 0.0404. The van der Waals surface area contributed by atoms with Gasteiger partial charge in [-0.3, -0.25) is 9.69 Å². The van der Waals surface area contributed by atoms with Gasteiger partial charge in [-0.2, -0.15) is 0 Å². The molecule has 1 saturated carbocycles. The van der Waals surface area contributed by atoms with Gasteiger partial charge in [0, 0.05) is 46.4 Å². The van der Waals surface area contributed by atoms with Crippen molar-refractivity contribution in [2.24, 2.45) is 5.92 Å². The van der Waals surface area contributed by atoms with Crippen molar-refractivity contribution in [3.05, 3.63) is 0 Å². The largest absolute Gasteiger partial charge is 0.372 e. The number of ether oxygens (including phenoxy) is 2. The lowest BCUT2D eigenvalue weighted by Crippen LogP contribution is -2.68. The van der Waals surface area contributed by atoms with Crippen LogP contribution in [0.2, 0.25) is 0 Å². The van der Waals surface area contributed by atoms with Crippen LogP contribution in [0.15, 0.2) is 0 Å². The number of rotatable bonds is 6. The first-order valence-electron chi connectivity index (χ1n) is 8.74. The maximum atomic E-state index is 11.5. The average Bonchev–Trinajstić information content (AvgIpc) is 2.40. The third-order valence-electron chi connectivity index (χ3n) is 5.56. The summed E-state index contributed by atoms with van der Waals surface area (Å²) < 4.78 is 11.6. The number of amides is 1. The van der Waals surface area contributed by atoms with Crippen molar-refractivity contribution in [3.8, 4) is 0 Å². The smallest absolute Gasteiger partial charge is 0.248 e. The van der Waals surface area contributed by atoms with Crippen molar-refractivity contribution in [2.45, 2.75) is 50.2 Å². The van der Waals surface area contributed by atoms with Crippen molar-refractivity contribution in [3.63, 3.8) is 0 Å². The number of carbonyl (C=O) groups is 1.